The predicted octanol–water partition coefficient (Wildman–Crippen LogP) is 7.70. The molecule has 7 nitrogen and oxygen atoms in total. The highest BCUT2D eigenvalue weighted by molar-refractivity contribution is 9.10. The molecular weight excluding hydrogens is 594 g/mol. The van der Waals surface area contributed by atoms with Crippen LogP contribution in [0.5, 0.6) is 11.5 Å². The number of rotatable bonds is 7. The minimum atomic E-state index is -0.319. The summed E-state index contributed by atoms with van der Waals surface area (Å²) in [4.78, 5) is 18.3. The Kier molecular flexibility index (Phi) is 7.11. The average molecular weight is 615 g/mol. The molecule has 0 N–H and O–H groups in total. The first kappa shape index (κ1) is 25.9. The molecule has 0 bridgehead atoms. The van der Waals surface area contributed by atoms with E-state index in [-0.39, 0.29) is 12.2 Å². The Bertz CT molecular complexity index is 1930. The second-order valence-corrected chi connectivity index (χ2v) is 10.1. The van der Waals surface area contributed by atoms with E-state index in [0.717, 1.165) is 10.9 Å². The van der Waals surface area contributed by atoms with Gasteiger partial charge in [-0.05, 0) is 58.4 Å². The van der Waals surface area contributed by atoms with Gasteiger partial charge in [-0.25, -0.2) is 4.98 Å². The van der Waals surface area contributed by atoms with Crippen molar-refractivity contribution in [1.29, 1.82) is 0 Å². The summed E-state index contributed by atoms with van der Waals surface area (Å²) < 4.78 is 19.6. The first-order valence-corrected chi connectivity index (χ1v) is 13.5. The molecule has 0 unspecified atom stereocenters. The maximum atomic E-state index is 13.6. The Morgan fingerprint density at radius 1 is 1.00 bits per heavy atom. The number of nitrogens with zero attached hydrogens (tertiary/aromatic N) is 3. The molecule has 0 saturated carbocycles. The highest BCUT2D eigenvalue weighted by Crippen LogP contribution is 2.34. The number of hydrogen-bond acceptors (Lipinski definition) is 6. The van der Waals surface area contributed by atoms with Gasteiger partial charge in [-0.1, -0.05) is 60.1 Å². The van der Waals surface area contributed by atoms with E-state index in [2.05, 4.69) is 21.0 Å². The first-order chi connectivity index (χ1) is 19.5. The fraction of sp³-hybridized carbons (Fsp3) is 0.0645. The molecular formula is C31H21BrClN3O4. The first-order valence-electron chi connectivity index (χ1n) is 12.3. The van der Waals surface area contributed by atoms with Gasteiger partial charge in [-0.2, -0.15) is 9.78 Å². The molecule has 6 rings (SSSR count). The smallest absolute Gasteiger partial charge is 0.282 e. The molecule has 0 radical (unpaired) electrons. The van der Waals surface area contributed by atoms with Crippen LogP contribution in [0.1, 0.15) is 11.1 Å². The molecule has 9 heteroatoms. The molecule has 0 amide bonds. The Morgan fingerprint density at radius 3 is 2.60 bits per heavy atom. The van der Waals surface area contributed by atoms with Crippen molar-refractivity contribution in [3.63, 3.8) is 0 Å². The molecule has 0 saturated heterocycles. The molecule has 0 spiro atoms. The number of ether oxygens (including phenoxy) is 2. The lowest BCUT2D eigenvalue weighted by molar-refractivity contribution is 0.284. The molecule has 0 fully saturated rings. The zero-order chi connectivity index (χ0) is 27.6. The largest absolute Gasteiger partial charge is 0.493 e. The summed E-state index contributed by atoms with van der Waals surface area (Å²) in [5.74, 6) is 1.75. The van der Waals surface area contributed by atoms with E-state index in [0.29, 0.717) is 54.6 Å². The number of fused-ring (bicyclic) bond motifs is 2. The molecule has 198 valence electrons. The van der Waals surface area contributed by atoms with E-state index in [1.807, 2.05) is 60.7 Å². The summed E-state index contributed by atoms with van der Waals surface area (Å²) >= 11 is 9.87. The van der Waals surface area contributed by atoms with Crippen molar-refractivity contribution >= 4 is 55.6 Å². The van der Waals surface area contributed by atoms with Crippen molar-refractivity contribution in [2.45, 2.75) is 6.61 Å². The van der Waals surface area contributed by atoms with Crippen LogP contribution in [0, 0.1) is 0 Å². The lowest BCUT2D eigenvalue weighted by atomic mass is 10.2. The molecule has 0 aliphatic rings. The number of benzene rings is 4. The third-order valence-corrected chi connectivity index (χ3v) is 7.39. The molecule has 6 aromatic rings. The topological polar surface area (TPSA) is 78.9 Å². The summed E-state index contributed by atoms with van der Waals surface area (Å²) in [6.45, 7) is 0.273. The second-order valence-electron chi connectivity index (χ2n) is 8.87. The molecule has 2 heterocycles. The fourth-order valence-corrected chi connectivity index (χ4v) is 4.91. The van der Waals surface area contributed by atoms with E-state index in [1.54, 1.807) is 43.7 Å². The predicted molar refractivity (Wildman–Crippen MR) is 161 cm³/mol. The highest BCUT2D eigenvalue weighted by atomic mass is 79.9. The van der Waals surface area contributed by atoms with Gasteiger partial charge in [-0.15, -0.1) is 0 Å². The number of furan rings is 1. The maximum absolute atomic E-state index is 13.6. The number of aromatic nitrogens is 2. The fourth-order valence-electron chi connectivity index (χ4n) is 4.30. The molecule has 40 heavy (non-hydrogen) atoms. The van der Waals surface area contributed by atoms with Crippen LogP contribution in [0.15, 0.2) is 110 Å². The van der Waals surface area contributed by atoms with E-state index >= 15 is 0 Å². The maximum Gasteiger partial charge on any atom is 0.282 e. The quantitative estimate of drug-likeness (QED) is 0.172. The molecule has 0 aliphatic carbocycles. The number of para-hydroxylation sites is 2. The van der Waals surface area contributed by atoms with Gasteiger partial charge in [0.2, 0.25) is 5.82 Å². The Balaban J connectivity index is 1.40. The van der Waals surface area contributed by atoms with Gasteiger partial charge in [0.05, 0.1) is 24.2 Å². The lowest BCUT2D eigenvalue weighted by Crippen LogP contribution is -2.20. The Hall–Kier alpha value is -4.40. The van der Waals surface area contributed by atoms with Crippen molar-refractivity contribution in [2.75, 3.05) is 7.11 Å². The van der Waals surface area contributed by atoms with E-state index in [4.69, 9.17) is 30.5 Å². The van der Waals surface area contributed by atoms with Gasteiger partial charge in [0.25, 0.3) is 5.56 Å². The lowest BCUT2D eigenvalue weighted by Gasteiger charge is -2.13. The van der Waals surface area contributed by atoms with Crippen LogP contribution in [0.3, 0.4) is 0 Å². The van der Waals surface area contributed by atoms with Gasteiger partial charge in [0.15, 0.2) is 17.3 Å². The highest BCUT2D eigenvalue weighted by Gasteiger charge is 2.17. The van der Waals surface area contributed by atoms with Crippen LogP contribution in [-0.2, 0) is 6.61 Å². The Morgan fingerprint density at radius 2 is 1.77 bits per heavy atom. The SMILES string of the molecule is COc1cc(C=Nn2c(-c3cc4ccccc4o3)nc3ccccc3c2=O)c(Br)cc1OCc1ccccc1Cl. The summed E-state index contributed by atoms with van der Waals surface area (Å²) in [5, 5.41) is 6.52. The van der Waals surface area contributed by atoms with Crippen LogP contribution in [0.4, 0.5) is 0 Å². The van der Waals surface area contributed by atoms with Crippen LogP contribution >= 0.6 is 27.5 Å². The average Bonchev–Trinajstić information content (AvgIpc) is 3.41. The van der Waals surface area contributed by atoms with Crippen LogP contribution < -0.4 is 15.0 Å². The van der Waals surface area contributed by atoms with Crippen molar-refractivity contribution < 1.29 is 13.9 Å². The number of hydrogen-bond donors (Lipinski definition) is 0. The van der Waals surface area contributed by atoms with Gasteiger partial charge < -0.3 is 13.9 Å². The van der Waals surface area contributed by atoms with Crippen molar-refractivity contribution in [1.82, 2.24) is 9.66 Å². The van der Waals surface area contributed by atoms with Gasteiger partial charge in [-0.3, -0.25) is 4.79 Å². The van der Waals surface area contributed by atoms with Crippen LogP contribution in [0.25, 0.3) is 33.5 Å². The zero-order valence-electron chi connectivity index (χ0n) is 21.2. The summed E-state index contributed by atoms with van der Waals surface area (Å²) in [5.41, 5.74) is 2.44. The van der Waals surface area contributed by atoms with Crippen molar-refractivity contribution in [3.8, 4) is 23.1 Å². The van der Waals surface area contributed by atoms with Crippen LogP contribution in [-0.4, -0.2) is 23.0 Å². The van der Waals surface area contributed by atoms with Gasteiger partial charge >= 0.3 is 0 Å². The molecule has 4 aromatic carbocycles. The van der Waals surface area contributed by atoms with Gasteiger partial charge in [0, 0.05) is 26.0 Å². The summed E-state index contributed by atoms with van der Waals surface area (Å²) in [6.07, 6.45) is 1.56. The minimum absolute atomic E-state index is 0.273. The summed E-state index contributed by atoms with van der Waals surface area (Å²) in [6, 6.07) is 27.7. The number of halogens is 2. The second kappa shape index (κ2) is 11.0. The Labute approximate surface area is 242 Å². The summed E-state index contributed by atoms with van der Waals surface area (Å²) in [7, 11) is 1.56. The van der Waals surface area contributed by atoms with Crippen molar-refractivity contribution in [3.05, 3.63) is 122 Å². The van der Waals surface area contributed by atoms with Crippen molar-refractivity contribution in [2.24, 2.45) is 5.10 Å². The zero-order valence-corrected chi connectivity index (χ0v) is 23.5. The monoisotopic (exact) mass is 613 g/mol. The number of methoxy groups -OCH3 is 1. The van der Waals surface area contributed by atoms with Gasteiger partial charge in [0.1, 0.15) is 12.2 Å². The normalized spacial score (nSPS) is 11.5. The third kappa shape index (κ3) is 4.99. The van der Waals surface area contributed by atoms with Crippen LogP contribution in [0.2, 0.25) is 5.02 Å². The van der Waals surface area contributed by atoms with E-state index in [1.165, 1.54) is 4.68 Å². The van der Waals surface area contributed by atoms with E-state index in [9.17, 15) is 4.79 Å². The standard InChI is InChI=1S/C31H21BrClN3O4/c1-38-27-15-21(23(32)16-28(27)39-18-20-9-2-5-11-24(20)33)17-34-36-30(29-14-19-8-3-7-13-26(19)40-29)35-25-12-6-4-10-22(25)31(36)37/h2-17H,18H2,1H3. The molecule has 0 aliphatic heterocycles. The van der Waals surface area contributed by atoms with E-state index < -0.39 is 0 Å². The third-order valence-electron chi connectivity index (χ3n) is 6.34. The minimum Gasteiger partial charge on any atom is -0.493 e. The molecule has 2 aromatic heterocycles. The molecule has 0 atom stereocenters.